The molecule has 0 radical (unpaired) electrons. The van der Waals surface area contributed by atoms with E-state index in [1.165, 1.54) is 75.3 Å². The zero-order valence-corrected chi connectivity index (χ0v) is 16.2. The summed E-state index contributed by atoms with van der Waals surface area (Å²) in [6.07, 6.45) is 21.1. The standard InChI is InChI=1S/C22H31Br/c1-2-3-4-5-6-7-8-9-10-19-11-13-20(14-12-19)21-15-17-22(23)18-16-21/h11,13-19H,2-10,12H2,1H3. The first-order valence-electron chi connectivity index (χ1n) is 9.44. The molecule has 0 saturated carbocycles. The van der Waals surface area contributed by atoms with Crippen molar-refractivity contribution in [2.45, 2.75) is 71.1 Å². The van der Waals surface area contributed by atoms with E-state index in [0.29, 0.717) is 0 Å². The minimum absolute atomic E-state index is 0.759. The molecule has 1 aromatic carbocycles. The molecule has 0 spiro atoms. The Bertz CT molecular complexity index is 495. The lowest BCUT2D eigenvalue weighted by atomic mass is 9.89. The number of hydrogen-bond donors (Lipinski definition) is 0. The average molecular weight is 375 g/mol. The molecule has 0 N–H and O–H groups in total. The molecule has 0 aliphatic heterocycles. The van der Waals surface area contributed by atoms with Gasteiger partial charge in [-0.2, -0.15) is 0 Å². The number of unbranched alkanes of at least 4 members (excludes halogenated alkanes) is 7. The van der Waals surface area contributed by atoms with E-state index >= 15 is 0 Å². The molecule has 0 amide bonds. The van der Waals surface area contributed by atoms with E-state index in [1.807, 2.05) is 0 Å². The Labute approximate surface area is 151 Å². The molecular formula is C22H31Br. The molecule has 0 nitrogen and oxygen atoms in total. The van der Waals surface area contributed by atoms with E-state index in [4.69, 9.17) is 0 Å². The number of allylic oxidation sites excluding steroid dienone is 4. The van der Waals surface area contributed by atoms with E-state index in [9.17, 15) is 0 Å². The first-order chi connectivity index (χ1) is 11.3. The Morgan fingerprint density at radius 1 is 0.913 bits per heavy atom. The molecule has 0 aromatic heterocycles. The summed E-state index contributed by atoms with van der Waals surface area (Å²) < 4.78 is 1.15. The van der Waals surface area contributed by atoms with Crippen LogP contribution in [0.3, 0.4) is 0 Å². The van der Waals surface area contributed by atoms with Crippen LogP contribution in [0.4, 0.5) is 0 Å². The van der Waals surface area contributed by atoms with Crippen molar-refractivity contribution in [1.82, 2.24) is 0 Å². The zero-order valence-electron chi connectivity index (χ0n) is 14.6. The van der Waals surface area contributed by atoms with E-state index in [0.717, 1.165) is 10.4 Å². The fourth-order valence-corrected chi connectivity index (χ4v) is 3.54. The van der Waals surface area contributed by atoms with Gasteiger partial charge in [-0.05, 0) is 42.0 Å². The van der Waals surface area contributed by atoms with Crippen LogP contribution in [0.1, 0.15) is 76.7 Å². The van der Waals surface area contributed by atoms with Crippen LogP contribution in [0.5, 0.6) is 0 Å². The van der Waals surface area contributed by atoms with Gasteiger partial charge in [0, 0.05) is 4.47 Å². The first kappa shape index (κ1) is 18.5. The summed E-state index contributed by atoms with van der Waals surface area (Å²) >= 11 is 3.50. The molecule has 126 valence electrons. The van der Waals surface area contributed by atoms with E-state index in [1.54, 1.807) is 0 Å². The van der Waals surface area contributed by atoms with Crippen molar-refractivity contribution in [3.63, 3.8) is 0 Å². The number of rotatable bonds is 10. The SMILES string of the molecule is CCCCCCCCCCC1C=CC(c2ccc(Br)cc2)=CC1. The second-order valence-corrected chi connectivity index (χ2v) is 7.70. The topological polar surface area (TPSA) is 0 Å². The van der Waals surface area contributed by atoms with E-state index < -0.39 is 0 Å². The van der Waals surface area contributed by atoms with Crippen LogP contribution in [0.15, 0.2) is 47.0 Å². The van der Waals surface area contributed by atoms with Gasteiger partial charge in [0.1, 0.15) is 0 Å². The predicted octanol–water partition coefficient (Wildman–Crippen LogP) is 7.94. The summed E-state index contributed by atoms with van der Waals surface area (Å²) in [7, 11) is 0. The Balaban J connectivity index is 1.60. The monoisotopic (exact) mass is 374 g/mol. The van der Waals surface area contributed by atoms with Crippen molar-refractivity contribution in [2.75, 3.05) is 0 Å². The third kappa shape index (κ3) is 7.08. The molecule has 0 heterocycles. The summed E-state index contributed by atoms with van der Waals surface area (Å²) in [5, 5.41) is 0. The fraction of sp³-hybridized carbons (Fsp3) is 0.545. The smallest absolute Gasteiger partial charge is 0.0175 e. The van der Waals surface area contributed by atoms with Gasteiger partial charge in [-0.25, -0.2) is 0 Å². The third-order valence-corrected chi connectivity index (χ3v) is 5.32. The van der Waals surface area contributed by atoms with Crippen LogP contribution in [0.25, 0.3) is 5.57 Å². The largest absolute Gasteiger partial charge is 0.0805 e. The molecular weight excluding hydrogens is 344 g/mol. The van der Waals surface area contributed by atoms with Gasteiger partial charge >= 0.3 is 0 Å². The maximum Gasteiger partial charge on any atom is 0.0175 e. The minimum Gasteiger partial charge on any atom is -0.0805 e. The second-order valence-electron chi connectivity index (χ2n) is 6.78. The lowest BCUT2D eigenvalue weighted by Gasteiger charge is -2.16. The Morgan fingerprint density at radius 2 is 1.57 bits per heavy atom. The Kier molecular flexibility index (Phi) is 8.74. The molecule has 1 heteroatoms. The highest BCUT2D eigenvalue weighted by Gasteiger charge is 2.09. The van der Waals surface area contributed by atoms with Gasteiger partial charge in [-0.15, -0.1) is 0 Å². The van der Waals surface area contributed by atoms with Crippen LogP contribution in [0, 0.1) is 5.92 Å². The van der Waals surface area contributed by atoms with Crippen molar-refractivity contribution >= 4 is 21.5 Å². The normalized spacial score (nSPS) is 17.3. The van der Waals surface area contributed by atoms with Crippen LogP contribution >= 0.6 is 15.9 Å². The third-order valence-electron chi connectivity index (χ3n) is 4.79. The molecule has 1 aromatic rings. The van der Waals surface area contributed by atoms with Gasteiger partial charge < -0.3 is 0 Å². The maximum atomic E-state index is 3.50. The van der Waals surface area contributed by atoms with Crippen molar-refractivity contribution in [3.8, 4) is 0 Å². The quantitative estimate of drug-likeness (QED) is 0.364. The highest BCUT2D eigenvalue weighted by molar-refractivity contribution is 9.10. The van der Waals surface area contributed by atoms with Gasteiger partial charge in [0.05, 0.1) is 0 Å². The van der Waals surface area contributed by atoms with Gasteiger partial charge in [0.15, 0.2) is 0 Å². The predicted molar refractivity (Wildman–Crippen MR) is 107 cm³/mol. The molecule has 0 fully saturated rings. The van der Waals surface area contributed by atoms with Gasteiger partial charge in [-0.3, -0.25) is 0 Å². The molecule has 1 aliphatic rings. The molecule has 1 unspecified atom stereocenters. The van der Waals surface area contributed by atoms with Crippen LogP contribution in [-0.2, 0) is 0 Å². The Hall–Kier alpha value is -0.820. The Morgan fingerprint density at radius 3 is 2.17 bits per heavy atom. The zero-order chi connectivity index (χ0) is 16.3. The van der Waals surface area contributed by atoms with Gasteiger partial charge in [-0.1, -0.05) is 105 Å². The van der Waals surface area contributed by atoms with Crippen LogP contribution < -0.4 is 0 Å². The molecule has 2 rings (SSSR count). The second kappa shape index (κ2) is 10.9. The fourth-order valence-electron chi connectivity index (χ4n) is 3.28. The summed E-state index contributed by atoms with van der Waals surface area (Å²) in [6, 6.07) is 8.63. The maximum absolute atomic E-state index is 3.50. The summed E-state index contributed by atoms with van der Waals surface area (Å²) in [6.45, 7) is 2.29. The molecule has 0 saturated heterocycles. The average Bonchev–Trinajstić information content (AvgIpc) is 2.59. The molecule has 0 bridgehead atoms. The van der Waals surface area contributed by atoms with E-state index in [-0.39, 0.29) is 0 Å². The molecule has 23 heavy (non-hydrogen) atoms. The minimum atomic E-state index is 0.759. The van der Waals surface area contributed by atoms with Crippen molar-refractivity contribution in [1.29, 1.82) is 0 Å². The lowest BCUT2D eigenvalue weighted by Crippen LogP contribution is -2.00. The summed E-state index contributed by atoms with van der Waals surface area (Å²) in [5.74, 6) is 0.759. The van der Waals surface area contributed by atoms with E-state index in [2.05, 4.69) is 65.3 Å². The van der Waals surface area contributed by atoms with Crippen molar-refractivity contribution < 1.29 is 0 Å². The van der Waals surface area contributed by atoms with Crippen molar-refractivity contribution in [2.24, 2.45) is 5.92 Å². The van der Waals surface area contributed by atoms with Crippen LogP contribution in [0.2, 0.25) is 0 Å². The highest BCUT2D eigenvalue weighted by atomic mass is 79.9. The highest BCUT2D eigenvalue weighted by Crippen LogP contribution is 2.28. The van der Waals surface area contributed by atoms with Crippen LogP contribution in [-0.4, -0.2) is 0 Å². The van der Waals surface area contributed by atoms with Crippen molar-refractivity contribution in [3.05, 3.63) is 52.5 Å². The number of halogens is 1. The summed E-state index contributed by atoms with van der Waals surface area (Å²) in [4.78, 5) is 0. The number of hydrogen-bond acceptors (Lipinski definition) is 0. The molecule has 1 aliphatic carbocycles. The van der Waals surface area contributed by atoms with Gasteiger partial charge in [0.25, 0.3) is 0 Å². The first-order valence-corrected chi connectivity index (χ1v) is 10.2. The lowest BCUT2D eigenvalue weighted by molar-refractivity contribution is 0.514. The summed E-state index contributed by atoms with van der Waals surface area (Å²) in [5.41, 5.74) is 2.71. The number of benzene rings is 1. The van der Waals surface area contributed by atoms with Gasteiger partial charge in [0.2, 0.25) is 0 Å². The molecule has 1 atom stereocenters.